The van der Waals surface area contributed by atoms with E-state index < -0.39 is 6.10 Å². The lowest BCUT2D eigenvalue weighted by molar-refractivity contribution is 0.104. The van der Waals surface area contributed by atoms with Crippen LogP contribution in [0.15, 0.2) is 24.3 Å². The topological polar surface area (TPSA) is 33.8 Å². The summed E-state index contributed by atoms with van der Waals surface area (Å²) >= 11 is 5.70. The summed E-state index contributed by atoms with van der Waals surface area (Å²) in [6, 6.07) is 6.93. The van der Waals surface area contributed by atoms with Crippen LogP contribution < -0.4 is 4.74 Å². The highest BCUT2D eigenvalue weighted by atomic mass is 35.5. The van der Waals surface area contributed by atoms with Crippen molar-refractivity contribution in [3.63, 3.8) is 0 Å². The van der Waals surface area contributed by atoms with E-state index in [4.69, 9.17) is 22.9 Å². The maximum absolute atomic E-state index is 9.40. The molecule has 0 aromatic heterocycles. The van der Waals surface area contributed by atoms with Crippen LogP contribution in [0.3, 0.4) is 0 Å². The van der Waals surface area contributed by atoms with Gasteiger partial charge in [-0.1, -0.05) is 11.6 Å². The Kier molecular flexibility index (Phi) is 4.96. The summed E-state index contributed by atoms with van der Waals surface area (Å²) in [4.78, 5) is 3.16. The Bertz CT molecular complexity index is 331. The fraction of sp³-hybridized carbons (Fsp3) is 0.364. The summed E-state index contributed by atoms with van der Waals surface area (Å²) in [6.07, 6.45) is -0.147. The molecule has 1 aromatic rings. The number of rotatable bonds is 5. The predicted molar refractivity (Wildman–Crippen MR) is 59.0 cm³/mol. The molecule has 1 aromatic carbocycles. The van der Waals surface area contributed by atoms with Gasteiger partial charge in [-0.25, -0.2) is 6.57 Å². The SMILES string of the molecule is [C-]#[N+]CCC(O)COc1ccc(Cl)cc1. The molecule has 0 radical (unpaired) electrons. The van der Waals surface area contributed by atoms with Crippen LogP contribution in [0.2, 0.25) is 5.02 Å². The number of aliphatic hydroxyl groups excluding tert-OH is 1. The minimum Gasteiger partial charge on any atom is -0.491 e. The van der Waals surface area contributed by atoms with Gasteiger partial charge in [-0.05, 0) is 24.3 Å². The molecule has 0 spiro atoms. The van der Waals surface area contributed by atoms with Gasteiger partial charge in [0.25, 0.3) is 0 Å². The summed E-state index contributed by atoms with van der Waals surface area (Å²) in [5.74, 6) is 0.668. The molecule has 3 nitrogen and oxygen atoms in total. The van der Waals surface area contributed by atoms with E-state index in [0.717, 1.165) is 0 Å². The quantitative estimate of drug-likeness (QED) is 0.781. The molecule has 0 aliphatic carbocycles. The Morgan fingerprint density at radius 2 is 2.07 bits per heavy atom. The maximum atomic E-state index is 9.40. The van der Waals surface area contributed by atoms with Crippen LogP contribution in [0.25, 0.3) is 4.85 Å². The summed E-state index contributed by atoms with van der Waals surface area (Å²) in [5.41, 5.74) is 0. The van der Waals surface area contributed by atoms with Gasteiger partial charge in [0.15, 0.2) is 0 Å². The molecule has 0 bridgehead atoms. The normalized spacial score (nSPS) is 11.8. The number of hydrogen-bond donors (Lipinski definition) is 1. The second kappa shape index (κ2) is 6.28. The van der Waals surface area contributed by atoms with Crippen molar-refractivity contribution in [2.45, 2.75) is 12.5 Å². The second-order valence-corrected chi connectivity index (χ2v) is 3.53. The molecule has 1 rings (SSSR count). The van der Waals surface area contributed by atoms with E-state index in [1.165, 1.54) is 0 Å². The third kappa shape index (κ3) is 4.68. The molecular weight excluding hydrogens is 214 g/mol. The maximum Gasteiger partial charge on any atom is 0.217 e. The number of benzene rings is 1. The van der Waals surface area contributed by atoms with Crippen LogP contribution in [0.1, 0.15) is 6.42 Å². The zero-order valence-corrected chi connectivity index (χ0v) is 8.94. The molecule has 0 aliphatic rings. The molecule has 0 fully saturated rings. The summed E-state index contributed by atoms with van der Waals surface area (Å²) in [6.45, 7) is 7.10. The molecule has 0 saturated carbocycles. The van der Waals surface area contributed by atoms with Crippen molar-refractivity contribution < 1.29 is 9.84 Å². The first-order valence-corrected chi connectivity index (χ1v) is 5.00. The van der Waals surface area contributed by atoms with Crippen LogP contribution in [-0.2, 0) is 0 Å². The van der Waals surface area contributed by atoms with E-state index in [1.807, 2.05) is 0 Å². The van der Waals surface area contributed by atoms with Gasteiger partial charge < -0.3 is 14.7 Å². The first-order chi connectivity index (χ1) is 7.22. The molecule has 1 unspecified atom stereocenters. The minimum absolute atomic E-state index is 0.206. The van der Waals surface area contributed by atoms with Crippen molar-refractivity contribution in [1.29, 1.82) is 0 Å². The summed E-state index contributed by atoms with van der Waals surface area (Å²) in [7, 11) is 0. The molecule has 0 heterocycles. The second-order valence-electron chi connectivity index (χ2n) is 3.09. The monoisotopic (exact) mass is 225 g/mol. The fourth-order valence-corrected chi connectivity index (χ4v) is 1.15. The Balaban J connectivity index is 2.31. The lowest BCUT2D eigenvalue weighted by atomic mass is 10.3. The van der Waals surface area contributed by atoms with E-state index in [1.54, 1.807) is 24.3 Å². The van der Waals surface area contributed by atoms with Gasteiger partial charge >= 0.3 is 0 Å². The van der Waals surface area contributed by atoms with Gasteiger partial charge in [-0.3, -0.25) is 0 Å². The zero-order valence-electron chi connectivity index (χ0n) is 8.19. The molecule has 0 aliphatic heterocycles. The van der Waals surface area contributed by atoms with Crippen LogP contribution in [0, 0.1) is 6.57 Å². The van der Waals surface area contributed by atoms with Crippen LogP contribution in [0.4, 0.5) is 0 Å². The standard InChI is InChI=1S/C11H12ClNO2/c1-13-7-6-10(14)8-15-11-4-2-9(12)3-5-11/h2-5,10,14H,6-8H2. The van der Waals surface area contributed by atoms with Crippen molar-refractivity contribution in [3.05, 3.63) is 40.7 Å². The molecule has 80 valence electrons. The van der Waals surface area contributed by atoms with Gasteiger partial charge in [0.2, 0.25) is 6.54 Å². The van der Waals surface area contributed by atoms with E-state index in [0.29, 0.717) is 23.7 Å². The van der Waals surface area contributed by atoms with Gasteiger partial charge in [-0.15, -0.1) is 0 Å². The first-order valence-electron chi connectivity index (χ1n) is 4.62. The summed E-state index contributed by atoms with van der Waals surface area (Å²) in [5, 5.41) is 10.1. The number of halogens is 1. The lowest BCUT2D eigenvalue weighted by Gasteiger charge is -2.09. The number of aliphatic hydroxyl groups is 1. The first kappa shape index (κ1) is 11.8. The Labute approximate surface area is 94.1 Å². The van der Waals surface area contributed by atoms with E-state index in [2.05, 4.69) is 4.85 Å². The highest BCUT2D eigenvalue weighted by molar-refractivity contribution is 6.30. The molecule has 1 N–H and O–H groups in total. The number of nitrogens with zero attached hydrogens (tertiary/aromatic N) is 1. The average molecular weight is 226 g/mol. The lowest BCUT2D eigenvalue weighted by Crippen LogP contribution is -2.18. The van der Waals surface area contributed by atoms with Crippen LogP contribution >= 0.6 is 11.6 Å². The van der Waals surface area contributed by atoms with Gasteiger partial charge in [0.05, 0.1) is 6.10 Å². The smallest absolute Gasteiger partial charge is 0.217 e. The van der Waals surface area contributed by atoms with Gasteiger partial charge in [-0.2, -0.15) is 0 Å². The van der Waals surface area contributed by atoms with Crippen molar-refractivity contribution in [3.8, 4) is 5.75 Å². The Hall–Kier alpha value is -1.24. The largest absolute Gasteiger partial charge is 0.491 e. The molecule has 1 atom stereocenters. The highest BCUT2D eigenvalue weighted by Crippen LogP contribution is 2.15. The zero-order chi connectivity index (χ0) is 11.1. The third-order valence-corrected chi connectivity index (χ3v) is 2.08. The van der Waals surface area contributed by atoms with E-state index >= 15 is 0 Å². The molecule has 0 saturated heterocycles. The predicted octanol–water partition coefficient (Wildman–Crippen LogP) is 2.39. The van der Waals surface area contributed by atoms with E-state index in [-0.39, 0.29) is 6.61 Å². The number of ether oxygens (including phenoxy) is 1. The van der Waals surface area contributed by atoms with Crippen molar-refractivity contribution in [1.82, 2.24) is 0 Å². The van der Waals surface area contributed by atoms with E-state index in [9.17, 15) is 5.11 Å². The highest BCUT2D eigenvalue weighted by Gasteiger charge is 2.06. The molecule has 15 heavy (non-hydrogen) atoms. The number of hydrogen-bond acceptors (Lipinski definition) is 2. The van der Waals surface area contributed by atoms with Crippen LogP contribution in [0.5, 0.6) is 5.75 Å². The molecular formula is C11H12ClNO2. The Morgan fingerprint density at radius 1 is 1.40 bits per heavy atom. The molecule has 4 heteroatoms. The van der Waals surface area contributed by atoms with Crippen molar-refractivity contribution in [2.75, 3.05) is 13.2 Å². The summed E-state index contributed by atoms with van der Waals surface area (Å²) < 4.78 is 5.31. The minimum atomic E-state index is -0.588. The average Bonchev–Trinajstić information content (AvgIpc) is 2.25. The van der Waals surface area contributed by atoms with Crippen LogP contribution in [-0.4, -0.2) is 24.4 Å². The third-order valence-electron chi connectivity index (χ3n) is 1.83. The van der Waals surface area contributed by atoms with Crippen molar-refractivity contribution >= 4 is 11.6 Å². The van der Waals surface area contributed by atoms with Gasteiger partial charge in [0.1, 0.15) is 12.4 Å². The fourth-order valence-electron chi connectivity index (χ4n) is 1.02. The van der Waals surface area contributed by atoms with Crippen molar-refractivity contribution in [2.24, 2.45) is 0 Å². The Morgan fingerprint density at radius 3 is 2.67 bits per heavy atom. The molecule has 0 amide bonds. The van der Waals surface area contributed by atoms with Gasteiger partial charge in [0, 0.05) is 11.4 Å².